The van der Waals surface area contributed by atoms with Crippen molar-refractivity contribution >= 4 is 0 Å². The van der Waals surface area contributed by atoms with Crippen LogP contribution in [0.2, 0.25) is 0 Å². The molecule has 2 aliphatic rings. The van der Waals surface area contributed by atoms with E-state index in [4.69, 9.17) is 15.7 Å². The van der Waals surface area contributed by atoms with Gasteiger partial charge in [0.25, 0.3) is 0 Å². The monoisotopic (exact) mass is 373 g/mol. The molecule has 0 spiro atoms. The lowest BCUT2D eigenvalue weighted by Crippen LogP contribution is -2.28. The molecule has 0 bridgehead atoms. The second kappa shape index (κ2) is 9.14. The van der Waals surface area contributed by atoms with Crippen LogP contribution in [0.4, 0.5) is 0 Å². The molecule has 0 radical (unpaired) electrons. The van der Waals surface area contributed by atoms with Crippen molar-refractivity contribution in [3.8, 4) is 11.8 Å². The molecule has 0 saturated heterocycles. The van der Waals surface area contributed by atoms with E-state index in [2.05, 4.69) is 42.2 Å². The summed E-state index contributed by atoms with van der Waals surface area (Å²) in [6.07, 6.45) is 13.7. The number of nitrogens with one attached hydrogen (secondary N) is 1. The van der Waals surface area contributed by atoms with Crippen molar-refractivity contribution in [3.05, 3.63) is 89.3 Å². The molecule has 1 aromatic carbocycles. The van der Waals surface area contributed by atoms with Crippen LogP contribution in [0.1, 0.15) is 24.8 Å². The summed E-state index contributed by atoms with van der Waals surface area (Å²) in [5, 5.41) is 12.7. The molecule has 0 saturated carbocycles. The Morgan fingerprint density at radius 2 is 2.29 bits per heavy atom. The zero-order chi connectivity index (χ0) is 19.9. The Balaban J connectivity index is 1.63. The summed E-state index contributed by atoms with van der Waals surface area (Å²) >= 11 is 0. The van der Waals surface area contributed by atoms with Gasteiger partial charge in [-0.25, -0.2) is 0 Å². The number of nitrogens with zero attached hydrogens (tertiary/aromatic N) is 1. The Labute approximate surface area is 167 Å². The molecule has 1 heterocycles. The smallest absolute Gasteiger partial charge is 0.119 e. The lowest BCUT2D eigenvalue weighted by atomic mass is 9.90. The summed E-state index contributed by atoms with van der Waals surface area (Å²) in [7, 11) is 1.68. The number of benzene rings is 1. The Morgan fingerprint density at radius 1 is 1.43 bits per heavy atom. The van der Waals surface area contributed by atoms with E-state index in [0.717, 1.165) is 41.9 Å². The lowest BCUT2D eigenvalue weighted by molar-refractivity contribution is 0.413. The number of hydrogen-bond donors (Lipinski definition) is 2. The van der Waals surface area contributed by atoms with Crippen molar-refractivity contribution in [2.75, 3.05) is 7.11 Å². The molecule has 2 atom stereocenters. The highest BCUT2D eigenvalue weighted by molar-refractivity contribution is 5.47. The Morgan fingerprint density at radius 3 is 3.04 bits per heavy atom. The van der Waals surface area contributed by atoms with Gasteiger partial charge in [-0.3, -0.25) is 0 Å². The molecule has 1 aromatic rings. The number of nitriles is 1. The average molecular weight is 374 g/mol. The minimum absolute atomic E-state index is 0.195. The molecule has 4 nitrogen and oxygen atoms in total. The van der Waals surface area contributed by atoms with Gasteiger partial charge in [0.05, 0.1) is 13.2 Å². The van der Waals surface area contributed by atoms with Gasteiger partial charge in [0.1, 0.15) is 5.75 Å². The van der Waals surface area contributed by atoms with Crippen molar-refractivity contribution in [2.24, 2.45) is 11.7 Å². The van der Waals surface area contributed by atoms with E-state index < -0.39 is 0 Å². The van der Waals surface area contributed by atoms with Crippen LogP contribution in [0.5, 0.6) is 5.75 Å². The van der Waals surface area contributed by atoms with E-state index in [1.54, 1.807) is 7.11 Å². The molecule has 28 heavy (non-hydrogen) atoms. The Hall–Kier alpha value is -3.19. The number of ether oxygens (including phenoxy) is 1. The van der Waals surface area contributed by atoms with Gasteiger partial charge in [0, 0.05) is 35.3 Å². The van der Waals surface area contributed by atoms with E-state index in [-0.39, 0.29) is 5.92 Å². The first kappa shape index (κ1) is 19.6. The van der Waals surface area contributed by atoms with Crippen LogP contribution in [-0.2, 0) is 6.42 Å². The largest absolute Gasteiger partial charge is 0.497 e. The SMILES string of the molecule is C=C(N)C(Cc1cccc(OC)c1)CC1CC=C(C2=CC=C(C#N)CC=C2)N1. The molecule has 4 heteroatoms. The normalized spacial score (nSPS) is 19.4. The standard InChI is InChI=1S/C24H27N3O/c1-17(26)21(13-19-6-4-8-23(14-19)28-2)15-22-11-12-24(27-22)20-7-3-5-18(16-25)9-10-20/h3-4,6-10,12,14,21-22,27H,1,5,11,13,15,26H2,2H3. The Kier molecular flexibility index (Phi) is 6.39. The first-order valence-corrected chi connectivity index (χ1v) is 9.60. The summed E-state index contributed by atoms with van der Waals surface area (Å²) in [4.78, 5) is 0. The van der Waals surface area contributed by atoms with E-state index >= 15 is 0 Å². The molecule has 3 rings (SSSR count). The number of methoxy groups -OCH3 is 1. The van der Waals surface area contributed by atoms with Crippen LogP contribution in [-0.4, -0.2) is 13.2 Å². The predicted molar refractivity (Wildman–Crippen MR) is 113 cm³/mol. The fourth-order valence-electron chi connectivity index (χ4n) is 3.64. The summed E-state index contributed by atoms with van der Waals surface area (Å²) in [6, 6.07) is 10.7. The number of hydrogen-bond acceptors (Lipinski definition) is 4. The quantitative estimate of drug-likeness (QED) is 0.748. The summed E-state index contributed by atoms with van der Waals surface area (Å²) in [5.41, 5.74) is 11.1. The third kappa shape index (κ3) is 4.95. The molecule has 1 aliphatic heterocycles. The third-order valence-electron chi connectivity index (χ3n) is 5.23. The number of nitrogens with two attached hydrogens (primary N) is 1. The number of allylic oxidation sites excluding steroid dienone is 6. The summed E-state index contributed by atoms with van der Waals surface area (Å²) in [5.74, 6) is 1.06. The van der Waals surface area contributed by atoms with Gasteiger partial charge < -0.3 is 15.8 Å². The molecule has 3 N–H and O–H groups in total. The third-order valence-corrected chi connectivity index (χ3v) is 5.23. The fourth-order valence-corrected chi connectivity index (χ4v) is 3.64. The topological polar surface area (TPSA) is 71.1 Å². The van der Waals surface area contributed by atoms with Crippen LogP contribution >= 0.6 is 0 Å². The number of rotatable bonds is 7. The van der Waals surface area contributed by atoms with Crippen LogP contribution in [0.15, 0.2) is 83.8 Å². The van der Waals surface area contributed by atoms with E-state index in [9.17, 15) is 0 Å². The molecule has 144 valence electrons. The first-order valence-electron chi connectivity index (χ1n) is 9.60. The van der Waals surface area contributed by atoms with Crippen molar-refractivity contribution in [2.45, 2.75) is 31.7 Å². The summed E-state index contributed by atoms with van der Waals surface area (Å²) < 4.78 is 5.33. The zero-order valence-corrected chi connectivity index (χ0v) is 16.3. The average Bonchev–Trinajstić information content (AvgIpc) is 3.03. The van der Waals surface area contributed by atoms with Crippen LogP contribution < -0.4 is 15.8 Å². The molecule has 0 aromatic heterocycles. The van der Waals surface area contributed by atoms with E-state index in [1.165, 1.54) is 5.56 Å². The molecule has 2 unspecified atom stereocenters. The van der Waals surface area contributed by atoms with E-state index in [1.807, 2.05) is 30.4 Å². The van der Waals surface area contributed by atoms with Crippen molar-refractivity contribution in [1.82, 2.24) is 5.32 Å². The highest BCUT2D eigenvalue weighted by Gasteiger charge is 2.23. The van der Waals surface area contributed by atoms with Gasteiger partial charge in [0.15, 0.2) is 0 Å². The second-order valence-corrected chi connectivity index (χ2v) is 7.29. The van der Waals surface area contributed by atoms with Gasteiger partial charge in [-0.1, -0.05) is 43.0 Å². The minimum Gasteiger partial charge on any atom is -0.497 e. The highest BCUT2D eigenvalue weighted by Crippen LogP contribution is 2.27. The lowest BCUT2D eigenvalue weighted by Gasteiger charge is -2.22. The van der Waals surface area contributed by atoms with Crippen molar-refractivity contribution in [3.63, 3.8) is 0 Å². The van der Waals surface area contributed by atoms with Crippen molar-refractivity contribution in [1.29, 1.82) is 5.26 Å². The minimum atomic E-state index is 0.195. The van der Waals surface area contributed by atoms with Gasteiger partial charge in [-0.15, -0.1) is 0 Å². The van der Waals surface area contributed by atoms with Crippen LogP contribution in [0.25, 0.3) is 0 Å². The highest BCUT2D eigenvalue weighted by atomic mass is 16.5. The van der Waals surface area contributed by atoms with Gasteiger partial charge in [-0.2, -0.15) is 5.26 Å². The molecule has 0 fully saturated rings. The molecule has 0 amide bonds. The molecular formula is C24H27N3O. The maximum absolute atomic E-state index is 9.08. The van der Waals surface area contributed by atoms with Crippen LogP contribution in [0, 0.1) is 17.2 Å². The molecule has 1 aliphatic carbocycles. The van der Waals surface area contributed by atoms with E-state index in [0.29, 0.717) is 18.2 Å². The van der Waals surface area contributed by atoms with Crippen molar-refractivity contribution < 1.29 is 4.74 Å². The first-order chi connectivity index (χ1) is 13.6. The predicted octanol–water partition coefficient (Wildman–Crippen LogP) is 4.30. The molecular weight excluding hydrogens is 346 g/mol. The Bertz CT molecular complexity index is 899. The summed E-state index contributed by atoms with van der Waals surface area (Å²) in [6.45, 7) is 4.02. The van der Waals surface area contributed by atoms with Gasteiger partial charge in [0.2, 0.25) is 0 Å². The van der Waals surface area contributed by atoms with Crippen LogP contribution in [0.3, 0.4) is 0 Å². The second-order valence-electron chi connectivity index (χ2n) is 7.29. The van der Waals surface area contributed by atoms with Gasteiger partial charge in [-0.05, 0) is 48.6 Å². The maximum Gasteiger partial charge on any atom is 0.119 e. The zero-order valence-electron chi connectivity index (χ0n) is 16.3. The fraction of sp³-hybridized carbons (Fsp3) is 0.292. The maximum atomic E-state index is 9.08. The van der Waals surface area contributed by atoms with Gasteiger partial charge >= 0.3 is 0 Å².